The van der Waals surface area contributed by atoms with E-state index >= 15 is 0 Å². The van der Waals surface area contributed by atoms with E-state index in [-0.39, 0.29) is 0 Å². The van der Waals surface area contributed by atoms with Gasteiger partial charge in [-0.2, -0.15) is 0 Å². The first-order valence-electron chi connectivity index (χ1n) is 18.5. The molecule has 0 spiro atoms. The Morgan fingerprint density at radius 1 is 0.321 bits per heavy atom. The second-order valence-corrected chi connectivity index (χ2v) is 13.8. The SMILES string of the molecule is c1ccc(-c2nc(-c3cccc(-c4ccccn4)c3)nc(-c3cc(-c4cccc5c4oc4ccccc45)cc(-c4cccc5c4oc4ccccc45)c3)n2)cc1. The fourth-order valence-electron chi connectivity index (χ4n) is 7.72. The van der Waals surface area contributed by atoms with Crippen molar-refractivity contribution in [2.24, 2.45) is 0 Å². The van der Waals surface area contributed by atoms with E-state index in [1.54, 1.807) is 6.20 Å². The van der Waals surface area contributed by atoms with Crippen LogP contribution in [0.4, 0.5) is 0 Å². The van der Waals surface area contributed by atoms with Gasteiger partial charge in [0.2, 0.25) is 0 Å². The first-order chi connectivity index (χ1) is 27.7. The van der Waals surface area contributed by atoms with Crippen LogP contribution < -0.4 is 0 Å². The van der Waals surface area contributed by atoms with E-state index in [0.717, 1.165) is 94.1 Å². The number of nitrogens with zero attached hydrogens (tertiary/aromatic N) is 4. The zero-order chi connectivity index (χ0) is 37.0. The molecule has 0 N–H and O–H groups in total. The van der Waals surface area contributed by atoms with Crippen LogP contribution in [-0.4, -0.2) is 19.9 Å². The molecule has 0 aliphatic heterocycles. The quantitative estimate of drug-likeness (QED) is 0.170. The van der Waals surface area contributed by atoms with Crippen molar-refractivity contribution in [2.75, 3.05) is 0 Å². The van der Waals surface area contributed by atoms with E-state index in [4.69, 9.17) is 23.8 Å². The van der Waals surface area contributed by atoms with Gasteiger partial charge in [-0.3, -0.25) is 4.98 Å². The van der Waals surface area contributed by atoms with Gasteiger partial charge in [0, 0.05) is 61.1 Å². The van der Waals surface area contributed by atoms with Gasteiger partial charge in [0.1, 0.15) is 22.3 Å². The first kappa shape index (κ1) is 31.8. The maximum Gasteiger partial charge on any atom is 0.164 e. The molecule has 4 heterocycles. The normalized spacial score (nSPS) is 11.6. The van der Waals surface area contributed by atoms with Gasteiger partial charge in [-0.15, -0.1) is 0 Å². The summed E-state index contributed by atoms with van der Waals surface area (Å²) in [4.78, 5) is 20.0. The number of aromatic nitrogens is 4. The minimum atomic E-state index is 0.550. The molecule has 0 amide bonds. The maximum absolute atomic E-state index is 6.58. The van der Waals surface area contributed by atoms with Crippen molar-refractivity contribution in [1.82, 2.24) is 19.9 Å². The number of pyridine rings is 1. The van der Waals surface area contributed by atoms with Gasteiger partial charge in [0.05, 0.1) is 5.69 Å². The lowest BCUT2D eigenvalue weighted by Gasteiger charge is -2.13. The molecule has 7 aromatic carbocycles. The van der Waals surface area contributed by atoms with Crippen LogP contribution in [0.2, 0.25) is 0 Å². The van der Waals surface area contributed by atoms with Crippen molar-refractivity contribution in [3.63, 3.8) is 0 Å². The summed E-state index contributed by atoms with van der Waals surface area (Å²) in [6.45, 7) is 0. The van der Waals surface area contributed by atoms with Crippen molar-refractivity contribution in [3.05, 3.63) is 182 Å². The molecule has 11 aromatic rings. The number of fused-ring (bicyclic) bond motifs is 6. The van der Waals surface area contributed by atoms with Crippen LogP contribution in [0.25, 0.3) is 112 Å². The largest absolute Gasteiger partial charge is 0.455 e. The third-order valence-electron chi connectivity index (χ3n) is 10.4. The molecular formula is C50H30N4O2. The average molecular weight is 719 g/mol. The van der Waals surface area contributed by atoms with Crippen LogP contribution in [0, 0.1) is 0 Å². The lowest BCUT2D eigenvalue weighted by atomic mass is 9.94. The highest BCUT2D eigenvalue weighted by Gasteiger charge is 2.20. The monoisotopic (exact) mass is 718 g/mol. The van der Waals surface area contributed by atoms with Gasteiger partial charge >= 0.3 is 0 Å². The topological polar surface area (TPSA) is 77.8 Å². The van der Waals surface area contributed by atoms with Crippen LogP contribution in [0.5, 0.6) is 0 Å². The fourth-order valence-corrected chi connectivity index (χ4v) is 7.72. The predicted molar refractivity (Wildman–Crippen MR) is 225 cm³/mol. The summed E-state index contributed by atoms with van der Waals surface area (Å²) in [6.07, 6.45) is 1.80. The van der Waals surface area contributed by atoms with Crippen LogP contribution in [0.3, 0.4) is 0 Å². The van der Waals surface area contributed by atoms with Crippen LogP contribution >= 0.6 is 0 Å². The second-order valence-electron chi connectivity index (χ2n) is 13.8. The molecule has 0 bridgehead atoms. The molecule has 6 nitrogen and oxygen atoms in total. The third kappa shape index (κ3) is 5.43. The predicted octanol–water partition coefficient (Wildman–Crippen LogP) is 13.1. The standard InChI is InChI=1S/C50H30N4O2/c1-2-13-31(14-3-1)48-52-49(33-16-10-15-32(27-33)43-23-8-9-26-51-43)54-50(53-48)36-29-34(37-19-11-21-41-39-17-4-6-24-44(39)55-46(37)41)28-35(30-36)38-20-12-22-42-40-18-5-7-25-45(40)56-47(38)42/h1-30H. The van der Waals surface area contributed by atoms with Crippen molar-refractivity contribution < 1.29 is 8.83 Å². The minimum Gasteiger partial charge on any atom is -0.455 e. The molecule has 0 aliphatic rings. The number of rotatable bonds is 6. The Bertz CT molecular complexity index is 3130. The Morgan fingerprint density at radius 3 is 1.41 bits per heavy atom. The van der Waals surface area contributed by atoms with Gasteiger partial charge in [-0.1, -0.05) is 127 Å². The highest BCUT2D eigenvalue weighted by molar-refractivity contribution is 6.11. The van der Waals surface area contributed by atoms with Crippen molar-refractivity contribution in [2.45, 2.75) is 0 Å². The minimum absolute atomic E-state index is 0.550. The zero-order valence-corrected chi connectivity index (χ0v) is 29.9. The lowest BCUT2D eigenvalue weighted by molar-refractivity contribution is 0.670. The molecule has 11 rings (SSSR count). The lowest BCUT2D eigenvalue weighted by Crippen LogP contribution is -2.01. The molecule has 0 fully saturated rings. The summed E-state index contributed by atoms with van der Waals surface area (Å²) in [5, 5.41) is 4.28. The summed E-state index contributed by atoms with van der Waals surface area (Å²) in [6, 6.07) is 59.7. The van der Waals surface area contributed by atoms with Gasteiger partial charge in [-0.25, -0.2) is 15.0 Å². The molecule has 0 aliphatic carbocycles. The summed E-state index contributed by atoms with van der Waals surface area (Å²) in [7, 11) is 0. The van der Waals surface area contributed by atoms with Crippen LogP contribution in [0.15, 0.2) is 191 Å². The van der Waals surface area contributed by atoms with Gasteiger partial charge < -0.3 is 8.83 Å². The smallest absolute Gasteiger partial charge is 0.164 e. The first-order valence-corrected chi connectivity index (χ1v) is 18.5. The average Bonchev–Trinajstić information content (AvgIpc) is 3.86. The molecule has 262 valence electrons. The van der Waals surface area contributed by atoms with Crippen LogP contribution in [-0.2, 0) is 0 Å². The van der Waals surface area contributed by atoms with E-state index in [1.807, 2.05) is 97.1 Å². The van der Waals surface area contributed by atoms with E-state index in [2.05, 4.69) is 83.8 Å². The van der Waals surface area contributed by atoms with E-state index in [9.17, 15) is 0 Å². The highest BCUT2D eigenvalue weighted by atomic mass is 16.3. The Balaban J connectivity index is 1.17. The Kier molecular flexibility index (Phi) is 7.38. The molecule has 0 radical (unpaired) electrons. The molecule has 4 aromatic heterocycles. The summed E-state index contributed by atoms with van der Waals surface area (Å²) >= 11 is 0. The van der Waals surface area contributed by atoms with E-state index < -0.39 is 0 Å². The van der Waals surface area contributed by atoms with Crippen molar-refractivity contribution in [1.29, 1.82) is 0 Å². The summed E-state index contributed by atoms with van der Waals surface area (Å²) in [5.74, 6) is 1.70. The zero-order valence-electron chi connectivity index (χ0n) is 29.9. The number of benzene rings is 7. The summed E-state index contributed by atoms with van der Waals surface area (Å²) in [5.41, 5.74) is 11.7. The number of hydrogen-bond donors (Lipinski definition) is 0. The second kappa shape index (κ2) is 13.0. The number of furan rings is 2. The molecule has 0 atom stereocenters. The van der Waals surface area contributed by atoms with Gasteiger partial charge in [0.25, 0.3) is 0 Å². The van der Waals surface area contributed by atoms with E-state index in [1.165, 1.54) is 0 Å². The fraction of sp³-hybridized carbons (Fsp3) is 0. The molecule has 0 saturated carbocycles. The number of hydrogen-bond acceptors (Lipinski definition) is 6. The Labute approximate surface area is 321 Å². The Morgan fingerprint density at radius 2 is 0.786 bits per heavy atom. The summed E-state index contributed by atoms with van der Waals surface area (Å²) < 4.78 is 13.2. The number of para-hydroxylation sites is 4. The Hall–Kier alpha value is -7.70. The molecular weight excluding hydrogens is 689 g/mol. The maximum atomic E-state index is 6.58. The van der Waals surface area contributed by atoms with Crippen molar-refractivity contribution in [3.8, 4) is 67.7 Å². The highest BCUT2D eigenvalue weighted by Crippen LogP contribution is 2.42. The molecule has 0 unspecified atom stereocenters. The third-order valence-corrected chi connectivity index (χ3v) is 10.4. The molecule has 56 heavy (non-hydrogen) atoms. The van der Waals surface area contributed by atoms with Crippen LogP contribution in [0.1, 0.15) is 0 Å². The van der Waals surface area contributed by atoms with E-state index in [0.29, 0.717) is 17.5 Å². The molecule has 6 heteroatoms. The van der Waals surface area contributed by atoms with Gasteiger partial charge in [0.15, 0.2) is 17.5 Å². The van der Waals surface area contributed by atoms with Gasteiger partial charge in [-0.05, 0) is 59.7 Å². The molecule has 0 saturated heterocycles. The van der Waals surface area contributed by atoms with Crippen molar-refractivity contribution >= 4 is 43.9 Å².